The van der Waals surface area contributed by atoms with Crippen LogP contribution in [0.15, 0.2) is 4.42 Å². The van der Waals surface area contributed by atoms with Crippen LogP contribution in [0.2, 0.25) is 0 Å². The Morgan fingerprint density at radius 1 is 1.29 bits per heavy atom. The quantitative estimate of drug-likeness (QED) is 0.850. The zero-order valence-corrected chi connectivity index (χ0v) is 10.5. The molecule has 2 aliphatic rings. The topological polar surface area (TPSA) is 51.0 Å². The second-order valence-corrected chi connectivity index (χ2v) is 5.75. The second kappa shape index (κ2) is 4.41. The number of nitrogens with one attached hydrogen (secondary N) is 1. The van der Waals surface area contributed by atoms with Crippen LogP contribution in [-0.4, -0.2) is 22.8 Å². The number of hydrogen-bond acceptors (Lipinski definition) is 4. The van der Waals surface area contributed by atoms with E-state index in [0.29, 0.717) is 0 Å². The van der Waals surface area contributed by atoms with Gasteiger partial charge in [0.2, 0.25) is 11.8 Å². The Balaban J connectivity index is 1.57. The molecule has 0 radical (unpaired) electrons. The fourth-order valence-electron chi connectivity index (χ4n) is 2.64. The molecule has 1 aromatic rings. The van der Waals surface area contributed by atoms with Gasteiger partial charge in [-0.1, -0.05) is 19.8 Å². The maximum absolute atomic E-state index is 5.81. The smallest absolute Gasteiger partial charge is 0.222 e. The number of hydrogen-bond donors (Lipinski definition) is 1. The fourth-order valence-corrected chi connectivity index (χ4v) is 2.64. The SMILES string of the molecule is CC1(c2nnc(CCNC3CC3)o2)CCCC1. The number of nitrogens with zero attached hydrogens (tertiary/aromatic N) is 2. The van der Waals surface area contributed by atoms with E-state index in [9.17, 15) is 0 Å². The van der Waals surface area contributed by atoms with Crippen molar-refractivity contribution in [3.05, 3.63) is 11.8 Å². The number of aromatic nitrogens is 2. The van der Waals surface area contributed by atoms with Gasteiger partial charge in [0, 0.05) is 24.4 Å². The average molecular weight is 235 g/mol. The molecule has 0 aliphatic heterocycles. The highest BCUT2D eigenvalue weighted by Crippen LogP contribution is 2.39. The summed E-state index contributed by atoms with van der Waals surface area (Å²) in [5.74, 6) is 1.65. The van der Waals surface area contributed by atoms with Gasteiger partial charge in [-0.2, -0.15) is 0 Å². The monoisotopic (exact) mass is 235 g/mol. The van der Waals surface area contributed by atoms with E-state index < -0.39 is 0 Å². The minimum Gasteiger partial charge on any atom is -0.425 e. The van der Waals surface area contributed by atoms with Crippen molar-refractivity contribution in [1.82, 2.24) is 15.5 Å². The Morgan fingerprint density at radius 3 is 2.76 bits per heavy atom. The molecule has 4 heteroatoms. The lowest BCUT2D eigenvalue weighted by atomic mass is 9.89. The van der Waals surface area contributed by atoms with Crippen molar-refractivity contribution >= 4 is 0 Å². The van der Waals surface area contributed by atoms with E-state index in [2.05, 4.69) is 22.4 Å². The third-order valence-electron chi connectivity index (χ3n) is 4.04. The van der Waals surface area contributed by atoms with Crippen LogP contribution in [0.5, 0.6) is 0 Å². The first-order valence-electron chi connectivity index (χ1n) is 6.82. The highest BCUT2D eigenvalue weighted by molar-refractivity contribution is 5.04. The van der Waals surface area contributed by atoms with Gasteiger partial charge >= 0.3 is 0 Å². The summed E-state index contributed by atoms with van der Waals surface area (Å²) in [7, 11) is 0. The van der Waals surface area contributed by atoms with E-state index in [1.54, 1.807) is 0 Å². The summed E-state index contributed by atoms with van der Waals surface area (Å²) in [4.78, 5) is 0. The Morgan fingerprint density at radius 2 is 2.06 bits per heavy atom. The minimum atomic E-state index is 0.148. The molecule has 0 aromatic carbocycles. The highest BCUT2D eigenvalue weighted by Gasteiger charge is 2.35. The lowest BCUT2D eigenvalue weighted by Gasteiger charge is -2.17. The minimum absolute atomic E-state index is 0.148. The van der Waals surface area contributed by atoms with Crippen LogP contribution >= 0.6 is 0 Å². The third kappa shape index (κ3) is 2.51. The Kier molecular flexibility index (Phi) is 2.90. The van der Waals surface area contributed by atoms with Gasteiger partial charge in [-0.25, -0.2) is 0 Å². The van der Waals surface area contributed by atoms with E-state index >= 15 is 0 Å². The summed E-state index contributed by atoms with van der Waals surface area (Å²) in [6.07, 6.45) is 8.47. The summed E-state index contributed by atoms with van der Waals surface area (Å²) in [5, 5.41) is 11.9. The molecule has 0 unspecified atom stereocenters. The fraction of sp³-hybridized carbons (Fsp3) is 0.846. The van der Waals surface area contributed by atoms with Crippen molar-refractivity contribution in [2.24, 2.45) is 0 Å². The van der Waals surface area contributed by atoms with Gasteiger partial charge in [0.05, 0.1) is 0 Å². The predicted molar refractivity (Wildman–Crippen MR) is 64.8 cm³/mol. The van der Waals surface area contributed by atoms with Crippen molar-refractivity contribution in [3.8, 4) is 0 Å². The Hall–Kier alpha value is -0.900. The first-order valence-corrected chi connectivity index (χ1v) is 6.82. The molecule has 2 aliphatic carbocycles. The van der Waals surface area contributed by atoms with Gasteiger partial charge in [-0.15, -0.1) is 10.2 Å². The molecule has 0 saturated heterocycles. The van der Waals surface area contributed by atoms with Crippen LogP contribution in [-0.2, 0) is 11.8 Å². The maximum atomic E-state index is 5.81. The van der Waals surface area contributed by atoms with Gasteiger partial charge in [0.25, 0.3) is 0 Å². The zero-order valence-electron chi connectivity index (χ0n) is 10.5. The average Bonchev–Trinajstić information content (AvgIpc) is 2.83. The van der Waals surface area contributed by atoms with Crippen LogP contribution in [0.25, 0.3) is 0 Å². The molecule has 0 amide bonds. The molecule has 94 valence electrons. The Bertz CT molecular complexity index is 378. The van der Waals surface area contributed by atoms with Crippen molar-refractivity contribution in [2.75, 3.05) is 6.54 Å². The van der Waals surface area contributed by atoms with Crippen molar-refractivity contribution in [2.45, 2.75) is 63.3 Å². The molecular weight excluding hydrogens is 214 g/mol. The summed E-state index contributed by atoms with van der Waals surface area (Å²) in [5.41, 5.74) is 0.148. The van der Waals surface area contributed by atoms with Crippen LogP contribution in [0.3, 0.4) is 0 Å². The molecule has 2 fully saturated rings. The molecule has 1 N–H and O–H groups in total. The van der Waals surface area contributed by atoms with Crippen molar-refractivity contribution in [3.63, 3.8) is 0 Å². The van der Waals surface area contributed by atoms with E-state index in [0.717, 1.165) is 30.8 Å². The lowest BCUT2D eigenvalue weighted by molar-refractivity contribution is 0.335. The van der Waals surface area contributed by atoms with Crippen LogP contribution in [0.4, 0.5) is 0 Å². The third-order valence-corrected chi connectivity index (χ3v) is 4.04. The largest absolute Gasteiger partial charge is 0.425 e. The predicted octanol–water partition coefficient (Wildman–Crippen LogP) is 2.20. The van der Waals surface area contributed by atoms with Gasteiger partial charge in [-0.05, 0) is 25.7 Å². The van der Waals surface area contributed by atoms with Gasteiger partial charge in [0.1, 0.15) is 0 Å². The summed E-state index contributed by atoms with van der Waals surface area (Å²) < 4.78 is 5.81. The van der Waals surface area contributed by atoms with E-state index in [-0.39, 0.29) is 5.41 Å². The molecule has 0 bridgehead atoms. The van der Waals surface area contributed by atoms with E-state index in [4.69, 9.17) is 4.42 Å². The molecule has 1 heterocycles. The first kappa shape index (κ1) is 11.2. The summed E-state index contributed by atoms with van der Waals surface area (Å²) >= 11 is 0. The van der Waals surface area contributed by atoms with Gasteiger partial charge < -0.3 is 9.73 Å². The van der Waals surface area contributed by atoms with E-state index in [1.807, 2.05) is 0 Å². The normalized spacial score (nSPS) is 23.1. The van der Waals surface area contributed by atoms with Crippen LogP contribution in [0.1, 0.15) is 57.2 Å². The molecule has 1 aromatic heterocycles. The lowest BCUT2D eigenvalue weighted by Crippen LogP contribution is -2.19. The molecule has 4 nitrogen and oxygen atoms in total. The zero-order chi connectivity index (χ0) is 11.7. The maximum Gasteiger partial charge on any atom is 0.222 e. The second-order valence-electron chi connectivity index (χ2n) is 5.75. The molecule has 2 saturated carbocycles. The van der Waals surface area contributed by atoms with Crippen molar-refractivity contribution < 1.29 is 4.42 Å². The molecular formula is C13H21N3O. The summed E-state index contributed by atoms with van der Waals surface area (Å²) in [6, 6.07) is 0.754. The molecule has 0 atom stereocenters. The van der Waals surface area contributed by atoms with Crippen LogP contribution in [0, 0.1) is 0 Å². The molecule has 3 rings (SSSR count). The van der Waals surface area contributed by atoms with Gasteiger partial charge in [-0.3, -0.25) is 0 Å². The molecule has 0 spiro atoms. The Labute approximate surface area is 102 Å². The van der Waals surface area contributed by atoms with Crippen LogP contribution < -0.4 is 5.32 Å². The van der Waals surface area contributed by atoms with E-state index in [1.165, 1.54) is 38.5 Å². The highest BCUT2D eigenvalue weighted by atomic mass is 16.4. The number of rotatable bonds is 5. The van der Waals surface area contributed by atoms with Gasteiger partial charge in [0.15, 0.2) is 0 Å². The molecule has 17 heavy (non-hydrogen) atoms. The standard InChI is InChI=1S/C13H21N3O/c1-13(7-2-3-8-13)12-16-15-11(17-12)6-9-14-10-4-5-10/h10,14H,2-9H2,1H3. The van der Waals surface area contributed by atoms with Crippen molar-refractivity contribution in [1.29, 1.82) is 0 Å². The summed E-state index contributed by atoms with van der Waals surface area (Å²) in [6.45, 7) is 3.21. The first-order chi connectivity index (χ1) is 8.26.